The molecule has 6 heteroatoms. The summed E-state index contributed by atoms with van der Waals surface area (Å²) in [5, 5.41) is 3.45. The fourth-order valence-corrected chi connectivity index (χ4v) is 3.30. The van der Waals surface area contributed by atoms with Crippen LogP contribution in [0.2, 0.25) is 0 Å². The third-order valence-corrected chi connectivity index (χ3v) is 4.82. The molecule has 2 heterocycles. The Hall–Kier alpha value is -1.83. The summed E-state index contributed by atoms with van der Waals surface area (Å²) in [4.78, 5) is 11.2. The minimum absolute atomic E-state index is 0. The highest BCUT2D eigenvalue weighted by atomic mass is 127. The topological polar surface area (TPSA) is 49.8 Å². The standard InChI is InChI=1S/C20H26N4O.HI/c1-15-5-4-11-22-19(15)13-23-20(21-2)24-12-10-17(14-24)16-6-8-18(25-3)9-7-16;/h4-9,11,17H,10,12-14H2,1-3H3,(H,21,23);1H. The lowest BCUT2D eigenvalue weighted by Crippen LogP contribution is -2.39. The molecule has 1 aromatic heterocycles. The monoisotopic (exact) mass is 466 g/mol. The van der Waals surface area contributed by atoms with Gasteiger partial charge >= 0.3 is 0 Å². The van der Waals surface area contributed by atoms with E-state index < -0.39 is 0 Å². The molecule has 1 saturated heterocycles. The van der Waals surface area contributed by atoms with Crippen LogP contribution < -0.4 is 10.1 Å². The number of hydrogen-bond acceptors (Lipinski definition) is 3. The van der Waals surface area contributed by atoms with Crippen LogP contribution in [-0.4, -0.2) is 43.1 Å². The van der Waals surface area contributed by atoms with Gasteiger partial charge in [0.1, 0.15) is 5.75 Å². The minimum atomic E-state index is 0. The van der Waals surface area contributed by atoms with Crippen molar-refractivity contribution in [2.24, 2.45) is 4.99 Å². The third kappa shape index (κ3) is 4.87. The Balaban J connectivity index is 0.00000243. The number of ether oxygens (including phenoxy) is 1. The molecule has 140 valence electrons. The number of methoxy groups -OCH3 is 1. The van der Waals surface area contributed by atoms with E-state index in [1.807, 2.05) is 31.4 Å². The third-order valence-electron chi connectivity index (χ3n) is 4.82. The Morgan fingerprint density at radius 1 is 1.31 bits per heavy atom. The smallest absolute Gasteiger partial charge is 0.193 e. The van der Waals surface area contributed by atoms with Gasteiger partial charge in [0.05, 0.1) is 19.3 Å². The van der Waals surface area contributed by atoms with Gasteiger partial charge in [-0.2, -0.15) is 0 Å². The Labute approximate surface area is 172 Å². The van der Waals surface area contributed by atoms with Gasteiger partial charge in [-0.15, -0.1) is 24.0 Å². The number of guanidine groups is 1. The number of nitrogens with zero attached hydrogens (tertiary/aromatic N) is 3. The molecule has 1 N–H and O–H groups in total. The predicted octanol–water partition coefficient (Wildman–Crippen LogP) is 3.58. The average Bonchev–Trinajstić information content (AvgIpc) is 3.14. The number of nitrogens with one attached hydrogen (secondary N) is 1. The quantitative estimate of drug-likeness (QED) is 0.425. The number of benzene rings is 1. The molecule has 0 spiro atoms. The van der Waals surface area contributed by atoms with Gasteiger partial charge < -0.3 is 15.0 Å². The second-order valence-corrected chi connectivity index (χ2v) is 6.37. The number of pyridine rings is 1. The Morgan fingerprint density at radius 3 is 2.73 bits per heavy atom. The van der Waals surface area contributed by atoms with E-state index in [1.165, 1.54) is 11.1 Å². The van der Waals surface area contributed by atoms with Crippen LogP contribution in [-0.2, 0) is 6.54 Å². The van der Waals surface area contributed by atoms with Gasteiger partial charge in [-0.3, -0.25) is 9.98 Å². The lowest BCUT2D eigenvalue weighted by Gasteiger charge is -2.22. The fourth-order valence-electron chi connectivity index (χ4n) is 3.30. The first-order valence-corrected chi connectivity index (χ1v) is 8.71. The van der Waals surface area contributed by atoms with E-state index in [4.69, 9.17) is 4.74 Å². The molecule has 1 unspecified atom stereocenters. The molecule has 3 rings (SSSR count). The van der Waals surface area contributed by atoms with Crippen molar-refractivity contribution in [3.63, 3.8) is 0 Å². The van der Waals surface area contributed by atoms with E-state index in [0.717, 1.165) is 36.9 Å². The van der Waals surface area contributed by atoms with E-state index in [9.17, 15) is 0 Å². The molecule has 1 atom stereocenters. The summed E-state index contributed by atoms with van der Waals surface area (Å²) >= 11 is 0. The minimum Gasteiger partial charge on any atom is -0.497 e. The number of aliphatic imine (C=N–C) groups is 1. The van der Waals surface area contributed by atoms with Crippen LogP contribution in [0.3, 0.4) is 0 Å². The lowest BCUT2D eigenvalue weighted by atomic mass is 9.98. The fraction of sp³-hybridized carbons (Fsp3) is 0.400. The van der Waals surface area contributed by atoms with Gasteiger partial charge in [-0.05, 0) is 42.7 Å². The van der Waals surface area contributed by atoms with Crippen molar-refractivity contribution in [1.82, 2.24) is 15.2 Å². The van der Waals surface area contributed by atoms with E-state index in [-0.39, 0.29) is 24.0 Å². The number of aromatic nitrogens is 1. The molecule has 1 aromatic carbocycles. The van der Waals surface area contributed by atoms with Crippen LogP contribution in [0.4, 0.5) is 0 Å². The van der Waals surface area contributed by atoms with E-state index >= 15 is 0 Å². The van der Waals surface area contributed by atoms with Gasteiger partial charge in [-0.25, -0.2) is 0 Å². The Kier molecular flexibility index (Phi) is 7.68. The van der Waals surface area contributed by atoms with E-state index in [2.05, 4.69) is 45.3 Å². The maximum absolute atomic E-state index is 5.25. The second-order valence-electron chi connectivity index (χ2n) is 6.37. The van der Waals surface area contributed by atoms with Crippen molar-refractivity contribution in [3.8, 4) is 5.75 Å². The number of likely N-dealkylation sites (tertiary alicyclic amines) is 1. The molecule has 0 bridgehead atoms. The molecule has 1 aliphatic heterocycles. The van der Waals surface area contributed by atoms with Crippen molar-refractivity contribution >= 4 is 29.9 Å². The highest BCUT2D eigenvalue weighted by Crippen LogP contribution is 2.28. The second kappa shape index (κ2) is 9.75. The normalized spacial score (nSPS) is 17.0. The molecule has 2 aromatic rings. The van der Waals surface area contributed by atoms with Gasteiger partial charge in [0.2, 0.25) is 0 Å². The summed E-state index contributed by atoms with van der Waals surface area (Å²) in [5.41, 5.74) is 3.62. The van der Waals surface area contributed by atoms with Crippen LogP contribution in [0.5, 0.6) is 5.75 Å². The summed E-state index contributed by atoms with van der Waals surface area (Å²) in [6, 6.07) is 12.5. The molecular weight excluding hydrogens is 439 g/mol. The molecular formula is C20H27IN4O. The maximum atomic E-state index is 5.25. The summed E-state index contributed by atoms with van der Waals surface area (Å²) in [6.07, 6.45) is 2.97. The summed E-state index contributed by atoms with van der Waals surface area (Å²) in [6.45, 7) is 4.77. The van der Waals surface area contributed by atoms with Gasteiger partial charge in [0.25, 0.3) is 0 Å². The van der Waals surface area contributed by atoms with Crippen molar-refractivity contribution in [2.45, 2.75) is 25.8 Å². The first kappa shape index (κ1) is 20.5. The van der Waals surface area contributed by atoms with E-state index in [1.54, 1.807) is 7.11 Å². The zero-order valence-electron chi connectivity index (χ0n) is 15.6. The lowest BCUT2D eigenvalue weighted by molar-refractivity contribution is 0.414. The van der Waals surface area contributed by atoms with Crippen LogP contribution in [0, 0.1) is 6.92 Å². The zero-order chi connectivity index (χ0) is 17.6. The largest absolute Gasteiger partial charge is 0.497 e. The summed E-state index contributed by atoms with van der Waals surface area (Å²) in [7, 11) is 3.54. The number of aryl methyl sites for hydroxylation is 1. The summed E-state index contributed by atoms with van der Waals surface area (Å²) in [5.74, 6) is 2.38. The highest BCUT2D eigenvalue weighted by Gasteiger charge is 2.26. The van der Waals surface area contributed by atoms with Crippen LogP contribution >= 0.6 is 24.0 Å². The first-order valence-electron chi connectivity index (χ1n) is 8.71. The van der Waals surface area contributed by atoms with Crippen molar-refractivity contribution in [3.05, 3.63) is 59.4 Å². The van der Waals surface area contributed by atoms with Gasteiger partial charge in [-0.1, -0.05) is 18.2 Å². The van der Waals surface area contributed by atoms with Crippen LogP contribution in [0.25, 0.3) is 0 Å². The molecule has 0 radical (unpaired) electrons. The van der Waals surface area contributed by atoms with Crippen LogP contribution in [0.1, 0.15) is 29.2 Å². The molecule has 26 heavy (non-hydrogen) atoms. The Bertz CT molecular complexity index is 733. The van der Waals surface area contributed by atoms with Crippen molar-refractivity contribution in [1.29, 1.82) is 0 Å². The van der Waals surface area contributed by atoms with Gasteiger partial charge in [0, 0.05) is 32.3 Å². The molecule has 0 saturated carbocycles. The van der Waals surface area contributed by atoms with Gasteiger partial charge in [0.15, 0.2) is 5.96 Å². The number of rotatable bonds is 4. The summed E-state index contributed by atoms with van der Waals surface area (Å²) < 4.78 is 5.25. The zero-order valence-corrected chi connectivity index (χ0v) is 17.9. The molecule has 1 aliphatic rings. The number of halogens is 1. The maximum Gasteiger partial charge on any atom is 0.193 e. The molecule has 1 fully saturated rings. The Morgan fingerprint density at radius 2 is 2.08 bits per heavy atom. The first-order chi connectivity index (χ1) is 12.2. The SMILES string of the molecule is CN=C(NCc1ncccc1C)N1CCC(c2ccc(OC)cc2)C1.I. The highest BCUT2D eigenvalue weighted by molar-refractivity contribution is 14.0. The molecule has 0 amide bonds. The average molecular weight is 466 g/mol. The van der Waals surface area contributed by atoms with Crippen molar-refractivity contribution < 1.29 is 4.74 Å². The van der Waals surface area contributed by atoms with Crippen molar-refractivity contribution in [2.75, 3.05) is 27.2 Å². The number of hydrogen-bond donors (Lipinski definition) is 1. The van der Waals surface area contributed by atoms with E-state index in [0.29, 0.717) is 12.5 Å². The predicted molar refractivity (Wildman–Crippen MR) is 117 cm³/mol. The molecule has 0 aliphatic carbocycles. The van der Waals surface area contributed by atoms with Crippen LogP contribution in [0.15, 0.2) is 47.6 Å². The molecule has 5 nitrogen and oxygen atoms in total.